The minimum atomic E-state index is -2.23. The fourth-order valence-corrected chi connectivity index (χ4v) is 6.76. The monoisotopic (exact) mass is 236 g/mol. The summed E-state index contributed by atoms with van der Waals surface area (Å²) in [5.41, 5.74) is 1.38. The largest absolute Gasteiger partial charge is 0.394 e. The molecule has 2 nitrogen and oxygen atoms in total. The molecule has 0 bridgehead atoms. The molecular formula is C13H20O2Si. The molecule has 2 rings (SSSR count). The molecule has 16 heavy (non-hydrogen) atoms. The van der Waals surface area contributed by atoms with Crippen LogP contribution in [0.15, 0.2) is 24.3 Å². The van der Waals surface area contributed by atoms with Gasteiger partial charge >= 0.3 is 8.56 Å². The van der Waals surface area contributed by atoms with E-state index in [1.807, 2.05) is 0 Å². The van der Waals surface area contributed by atoms with Gasteiger partial charge < -0.3 is 8.85 Å². The lowest BCUT2D eigenvalue weighted by atomic mass is 10.0. The van der Waals surface area contributed by atoms with Crippen LogP contribution >= 0.6 is 0 Å². The van der Waals surface area contributed by atoms with E-state index in [1.54, 1.807) is 7.11 Å². The van der Waals surface area contributed by atoms with Gasteiger partial charge in [-0.05, 0) is 24.6 Å². The van der Waals surface area contributed by atoms with Crippen molar-refractivity contribution in [1.29, 1.82) is 0 Å². The van der Waals surface area contributed by atoms with E-state index in [-0.39, 0.29) is 11.1 Å². The summed E-state index contributed by atoms with van der Waals surface area (Å²) in [7, 11) is -0.444. The number of benzene rings is 1. The Labute approximate surface area is 98.8 Å². The van der Waals surface area contributed by atoms with Gasteiger partial charge in [-0.3, -0.25) is 0 Å². The normalized spacial score (nSPS) is 26.4. The van der Waals surface area contributed by atoms with Crippen LogP contribution in [0.2, 0.25) is 0 Å². The van der Waals surface area contributed by atoms with E-state index in [0.29, 0.717) is 0 Å². The van der Waals surface area contributed by atoms with Gasteiger partial charge in [-0.15, -0.1) is 0 Å². The summed E-state index contributed by atoms with van der Waals surface area (Å²) >= 11 is 0. The average molecular weight is 236 g/mol. The van der Waals surface area contributed by atoms with Crippen molar-refractivity contribution < 1.29 is 8.85 Å². The van der Waals surface area contributed by atoms with Gasteiger partial charge in [-0.1, -0.05) is 38.1 Å². The fourth-order valence-electron chi connectivity index (χ4n) is 2.72. The number of hydrogen-bond donors (Lipinski definition) is 0. The first-order valence-corrected chi connectivity index (χ1v) is 7.60. The van der Waals surface area contributed by atoms with Crippen LogP contribution in [0.3, 0.4) is 0 Å². The van der Waals surface area contributed by atoms with Gasteiger partial charge in [0.05, 0.1) is 0 Å². The standard InChI is InChI=1S/C13H20O2Si/c1-10(2)15-16(14-5)12-9-7-6-8-11(12)13(16,3)4/h6-10H,1-5H3. The SMILES string of the molecule is CO[Si]1(OC(C)C)c2ccccc2C1(C)C. The molecule has 0 aromatic heterocycles. The molecular weight excluding hydrogens is 216 g/mol. The lowest BCUT2D eigenvalue weighted by molar-refractivity contribution is 0.137. The van der Waals surface area contributed by atoms with Crippen LogP contribution in [-0.4, -0.2) is 21.8 Å². The number of hydrogen-bond acceptors (Lipinski definition) is 2. The minimum Gasteiger partial charge on any atom is -0.394 e. The summed E-state index contributed by atoms with van der Waals surface area (Å²) < 4.78 is 12.0. The van der Waals surface area contributed by atoms with Gasteiger partial charge in [0.2, 0.25) is 0 Å². The van der Waals surface area contributed by atoms with Gasteiger partial charge in [-0.25, -0.2) is 0 Å². The maximum atomic E-state index is 6.18. The Morgan fingerprint density at radius 1 is 1.19 bits per heavy atom. The highest BCUT2D eigenvalue weighted by Gasteiger charge is 2.64. The third-order valence-corrected chi connectivity index (χ3v) is 7.91. The van der Waals surface area contributed by atoms with Crippen molar-refractivity contribution in [3.8, 4) is 0 Å². The quantitative estimate of drug-likeness (QED) is 0.749. The molecule has 0 aliphatic carbocycles. The second-order valence-corrected chi connectivity index (χ2v) is 8.82. The predicted molar refractivity (Wildman–Crippen MR) is 68.1 cm³/mol. The van der Waals surface area contributed by atoms with Crippen LogP contribution in [0.1, 0.15) is 33.3 Å². The van der Waals surface area contributed by atoms with Crippen LogP contribution in [0.4, 0.5) is 0 Å². The van der Waals surface area contributed by atoms with E-state index >= 15 is 0 Å². The third kappa shape index (κ3) is 1.32. The highest BCUT2D eigenvalue weighted by molar-refractivity contribution is 6.88. The summed E-state index contributed by atoms with van der Waals surface area (Å²) in [6.45, 7) is 8.61. The number of fused-ring (bicyclic) bond motifs is 1. The Balaban J connectivity index is 2.49. The molecule has 0 fully saturated rings. The second kappa shape index (κ2) is 3.69. The summed E-state index contributed by atoms with van der Waals surface area (Å²) in [6.07, 6.45) is 0.208. The van der Waals surface area contributed by atoms with Crippen molar-refractivity contribution in [3.63, 3.8) is 0 Å². The van der Waals surface area contributed by atoms with Crippen molar-refractivity contribution in [1.82, 2.24) is 0 Å². The zero-order valence-corrected chi connectivity index (χ0v) is 11.7. The molecule has 1 unspecified atom stereocenters. The van der Waals surface area contributed by atoms with Crippen molar-refractivity contribution in [2.24, 2.45) is 0 Å². The lowest BCUT2D eigenvalue weighted by Gasteiger charge is -2.53. The van der Waals surface area contributed by atoms with E-state index in [1.165, 1.54) is 10.8 Å². The van der Waals surface area contributed by atoms with Crippen molar-refractivity contribution in [3.05, 3.63) is 29.8 Å². The molecule has 0 spiro atoms. The third-order valence-electron chi connectivity index (χ3n) is 3.47. The summed E-state index contributed by atoms with van der Waals surface area (Å²) in [6, 6.07) is 8.49. The average Bonchev–Trinajstić information content (AvgIpc) is 2.25. The predicted octanol–water partition coefficient (Wildman–Crippen LogP) is 2.24. The van der Waals surface area contributed by atoms with Crippen LogP contribution in [0, 0.1) is 0 Å². The van der Waals surface area contributed by atoms with Crippen molar-refractivity contribution >= 4 is 13.7 Å². The van der Waals surface area contributed by atoms with E-state index in [4.69, 9.17) is 8.85 Å². The molecule has 88 valence electrons. The van der Waals surface area contributed by atoms with E-state index in [2.05, 4.69) is 52.0 Å². The first kappa shape index (κ1) is 11.8. The highest BCUT2D eigenvalue weighted by Crippen LogP contribution is 2.43. The lowest BCUT2D eigenvalue weighted by Crippen LogP contribution is -2.76. The van der Waals surface area contributed by atoms with Crippen LogP contribution in [0.25, 0.3) is 0 Å². The van der Waals surface area contributed by atoms with Crippen molar-refractivity contribution in [2.45, 2.75) is 38.8 Å². The Morgan fingerprint density at radius 2 is 1.81 bits per heavy atom. The Morgan fingerprint density at radius 3 is 2.38 bits per heavy atom. The Kier molecular flexibility index (Phi) is 2.73. The van der Waals surface area contributed by atoms with Gasteiger partial charge in [0.25, 0.3) is 0 Å². The van der Waals surface area contributed by atoms with Gasteiger partial charge in [0.15, 0.2) is 0 Å². The van der Waals surface area contributed by atoms with Gasteiger partial charge in [0.1, 0.15) is 0 Å². The van der Waals surface area contributed by atoms with Crippen molar-refractivity contribution in [2.75, 3.05) is 7.11 Å². The first-order valence-electron chi connectivity index (χ1n) is 5.78. The molecule has 1 aromatic rings. The fraction of sp³-hybridized carbons (Fsp3) is 0.538. The molecule has 1 aromatic carbocycles. The van der Waals surface area contributed by atoms with Crippen LogP contribution < -0.4 is 5.19 Å². The van der Waals surface area contributed by atoms with E-state index < -0.39 is 8.56 Å². The smallest absolute Gasteiger partial charge is 0.383 e. The maximum absolute atomic E-state index is 6.18. The van der Waals surface area contributed by atoms with Gasteiger partial charge in [-0.2, -0.15) is 0 Å². The molecule has 0 amide bonds. The molecule has 3 heteroatoms. The molecule has 0 N–H and O–H groups in total. The van der Waals surface area contributed by atoms with Gasteiger partial charge in [0, 0.05) is 18.3 Å². The summed E-state index contributed by atoms with van der Waals surface area (Å²) in [5, 5.41) is 1.35. The molecule has 1 heterocycles. The van der Waals surface area contributed by atoms with E-state index in [0.717, 1.165) is 0 Å². The van der Waals surface area contributed by atoms with Crippen LogP contribution in [-0.2, 0) is 13.9 Å². The Hall–Kier alpha value is -0.643. The maximum Gasteiger partial charge on any atom is 0.383 e. The topological polar surface area (TPSA) is 18.5 Å². The molecule has 0 saturated carbocycles. The zero-order chi connectivity index (χ0) is 12.0. The minimum absolute atomic E-state index is 0.0443. The Bertz CT molecular complexity index is 401. The molecule has 1 aliphatic heterocycles. The van der Waals surface area contributed by atoms with E-state index in [9.17, 15) is 0 Å². The zero-order valence-electron chi connectivity index (χ0n) is 10.7. The summed E-state index contributed by atoms with van der Waals surface area (Å²) in [4.78, 5) is 0. The molecule has 0 radical (unpaired) electrons. The molecule has 1 aliphatic rings. The highest BCUT2D eigenvalue weighted by atomic mass is 28.4. The molecule has 1 atom stereocenters. The number of rotatable bonds is 3. The molecule has 0 saturated heterocycles. The summed E-state index contributed by atoms with van der Waals surface area (Å²) in [5.74, 6) is 0. The van der Waals surface area contributed by atoms with Crippen LogP contribution in [0.5, 0.6) is 0 Å². The first-order chi connectivity index (χ1) is 7.45. The second-order valence-electron chi connectivity index (χ2n) is 5.16.